The molecule has 3 aliphatic heterocycles. The zero-order valence-electron chi connectivity index (χ0n) is 25.1. The van der Waals surface area contributed by atoms with Gasteiger partial charge in [-0.15, -0.1) is 0 Å². The van der Waals surface area contributed by atoms with E-state index in [9.17, 15) is 18.8 Å². The van der Waals surface area contributed by atoms with E-state index in [1.54, 1.807) is 6.07 Å². The highest BCUT2D eigenvalue weighted by Crippen LogP contribution is 2.54. The third kappa shape index (κ3) is 5.14. The molecule has 3 fully saturated rings. The summed E-state index contributed by atoms with van der Waals surface area (Å²) in [4.78, 5) is 30.3. The Morgan fingerprint density at radius 1 is 1.20 bits per heavy atom. The maximum absolute atomic E-state index is 14.6. The van der Waals surface area contributed by atoms with Crippen LogP contribution in [0.4, 0.5) is 20.3 Å². The van der Waals surface area contributed by atoms with Gasteiger partial charge in [0, 0.05) is 42.8 Å². The van der Waals surface area contributed by atoms with Crippen molar-refractivity contribution in [2.45, 2.75) is 43.8 Å². The molecule has 4 heterocycles. The van der Waals surface area contributed by atoms with Gasteiger partial charge in [-0.2, -0.15) is 15.2 Å². The van der Waals surface area contributed by atoms with Gasteiger partial charge < -0.3 is 19.4 Å². The molecule has 1 aliphatic carbocycles. The monoisotopic (exact) mass is 633 g/mol. The van der Waals surface area contributed by atoms with Crippen molar-refractivity contribution >= 4 is 39.8 Å². The van der Waals surface area contributed by atoms with Crippen LogP contribution in [0.1, 0.15) is 30.5 Å². The SMILES string of the molecule is C=C(F)C(=O)N1CCN(c2nc(OCC34CC3CCN4C)nc3c2CCN(c2cccc4ccc(F)c(Cl)c24)C3)C[C@@H]1CC#N. The van der Waals surface area contributed by atoms with Crippen molar-refractivity contribution in [2.24, 2.45) is 5.92 Å². The number of ether oxygens (including phenoxy) is 1. The number of likely N-dealkylation sites (N-methyl/N-ethyl adjacent to an activating group) is 1. The summed E-state index contributed by atoms with van der Waals surface area (Å²) >= 11 is 6.49. The number of halogens is 3. The van der Waals surface area contributed by atoms with Crippen LogP contribution in [0.25, 0.3) is 10.8 Å². The fraction of sp³-hybridized carbons (Fsp3) is 0.455. The number of fused-ring (bicyclic) bond motifs is 3. The molecule has 4 aliphatic rings. The van der Waals surface area contributed by atoms with Crippen LogP contribution in [0.15, 0.2) is 42.7 Å². The number of carbonyl (C=O) groups excluding carboxylic acids is 1. The van der Waals surface area contributed by atoms with Gasteiger partial charge in [0.05, 0.1) is 41.3 Å². The van der Waals surface area contributed by atoms with Crippen LogP contribution in [-0.4, -0.2) is 83.6 Å². The fourth-order valence-corrected chi connectivity index (χ4v) is 7.75. The van der Waals surface area contributed by atoms with E-state index in [0.29, 0.717) is 56.3 Å². The third-order valence-electron chi connectivity index (χ3n) is 10.1. The Morgan fingerprint density at radius 3 is 2.78 bits per heavy atom. The van der Waals surface area contributed by atoms with Gasteiger partial charge in [0.1, 0.15) is 18.2 Å². The number of anilines is 2. The number of hydrogen-bond donors (Lipinski definition) is 0. The minimum Gasteiger partial charge on any atom is -0.461 e. The molecular weight excluding hydrogens is 600 g/mol. The number of likely N-dealkylation sites (tertiary alicyclic amines) is 1. The van der Waals surface area contributed by atoms with Crippen LogP contribution < -0.4 is 14.5 Å². The lowest BCUT2D eigenvalue weighted by Gasteiger charge is -2.42. The van der Waals surface area contributed by atoms with E-state index >= 15 is 0 Å². The predicted octanol–water partition coefficient (Wildman–Crippen LogP) is 4.87. The van der Waals surface area contributed by atoms with Gasteiger partial charge in [-0.1, -0.05) is 36.4 Å². The predicted molar refractivity (Wildman–Crippen MR) is 167 cm³/mol. The van der Waals surface area contributed by atoms with Crippen LogP contribution in [0, 0.1) is 23.1 Å². The zero-order valence-corrected chi connectivity index (χ0v) is 25.9. The summed E-state index contributed by atoms with van der Waals surface area (Å²) in [7, 11) is 2.13. The summed E-state index contributed by atoms with van der Waals surface area (Å²) in [6.07, 6.45) is 2.91. The van der Waals surface area contributed by atoms with Crippen LogP contribution in [0.3, 0.4) is 0 Å². The number of hydrogen-bond acceptors (Lipinski definition) is 8. The van der Waals surface area contributed by atoms with E-state index in [4.69, 9.17) is 26.3 Å². The van der Waals surface area contributed by atoms with Gasteiger partial charge in [0.2, 0.25) is 0 Å². The molecule has 2 aromatic carbocycles. The number of carbonyl (C=O) groups is 1. The van der Waals surface area contributed by atoms with Crippen molar-refractivity contribution in [3.8, 4) is 12.1 Å². The Bertz CT molecular complexity index is 1750. The van der Waals surface area contributed by atoms with Gasteiger partial charge in [-0.25, -0.2) is 8.78 Å². The van der Waals surface area contributed by atoms with E-state index in [2.05, 4.69) is 34.4 Å². The van der Waals surface area contributed by atoms with Crippen molar-refractivity contribution < 1.29 is 18.3 Å². The molecule has 0 bridgehead atoms. The van der Waals surface area contributed by atoms with Gasteiger partial charge in [0.25, 0.3) is 5.91 Å². The third-order valence-corrected chi connectivity index (χ3v) is 10.5. The van der Waals surface area contributed by atoms with E-state index in [1.165, 1.54) is 11.0 Å². The smallest absolute Gasteiger partial charge is 0.318 e. The van der Waals surface area contributed by atoms with Crippen molar-refractivity contribution in [3.05, 3.63) is 64.8 Å². The number of piperazine rings is 1. The first-order chi connectivity index (χ1) is 21.7. The second kappa shape index (κ2) is 11.4. The summed E-state index contributed by atoms with van der Waals surface area (Å²) in [6.45, 7) is 6.70. The zero-order chi connectivity index (χ0) is 31.5. The number of piperidine rings is 1. The summed E-state index contributed by atoms with van der Waals surface area (Å²) in [5, 5.41) is 11.1. The van der Waals surface area contributed by atoms with Gasteiger partial charge in [-0.3, -0.25) is 9.69 Å². The molecule has 1 amide bonds. The maximum atomic E-state index is 14.6. The topological polar surface area (TPSA) is 88.8 Å². The second-order valence-corrected chi connectivity index (χ2v) is 12.9. The number of aromatic nitrogens is 2. The summed E-state index contributed by atoms with van der Waals surface area (Å²) < 4.78 is 34.7. The maximum Gasteiger partial charge on any atom is 0.318 e. The molecule has 234 valence electrons. The molecule has 3 atom stereocenters. The summed E-state index contributed by atoms with van der Waals surface area (Å²) in [5.74, 6) is -0.970. The Hall–Kier alpha value is -4.01. The molecule has 1 aromatic heterocycles. The lowest BCUT2D eigenvalue weighted by Crippen LogP contribution is -2.55. The molecular formula is C33H34ClF2N7O2. The first-order valence-electron chi connectivity index (χ1n) is 15.3. The van der Waals surface area contributed by atoms with Crippen molar-refractivity contribution in [3.63, 3.8) is 0 Å². The van der Waals surface area contributed by atoms with E-state index in [1.807, 2.05) is 18.2 Å². The van der Waals surface area contributed by atoms with Crippen LogP contribution in [-0.2, 0) is 17.8 Å². The molecule has 2 saturated heterocycles. The quantitative estimate of drug-likeness (QED) is 0.341. The Labute approximate surface area is 265 Å². The van der Waals surface area contributed by atoms with E-state index in [0.717, 1.165) is 41.7 Å². The molecule has 0 N–H and O–H groups in total. The normalized spacial score (nSPS) is 24.3. The van der Waals surface area contributed by atoms with Crippen molar-refractivity contribution in [1.82, 2.24) is 19.8 Å². The molecule has 2 unspecified atom stereocenters. The highest BCUT2D eigenvalue weighted by Gasteiger charge is 2.61. The first-order valence-corrected chi connectivity index (χ1v) is 15.7. The molecule has 45 heavy (non-hydrogen) atoms. The van der Waals surface area contributed by atoms with Crippen LogP contribution in [0.2, 0.25) is 5.02 Å². The van der Waals surface area contributed by atoms with Crippen LogP contribution >= 0.6 is 11.6 Å². The van der Waals surface area contributed by atoms with E-state index < -0.39 is 23.6 Å². The Kier molecular flexibility index (Phi) is 7.53. The Balaban J connectivity index is 1.23. The van der Waals surface area contributed by atoms with E-state index in [-0.39, 0.29) is 29.5 Å². The standard InChI is InChI=1S/C33H34ClF2N7O2/c1-20(35)31(44)43-15-14-42(17-23(43)8-11-37)30-24-10-13-41(27-5-3-4-21-6-7-25(36)29(34)28(21)27)18-26(24)38-32(39-30)45-19-33-16-22(33)9-12-40(33)2/h3-7,22-23H,1,8-10,12-19H2,2H3/t22?,23-,33?/m0/s1. The highest BCUT2D eigenvalue weighted by molar-refractivity contribution is 6.36. The van der Waals surface area contributed by atoms with Gasteiger partial charge in [-0.05, 0) is 56.3 Å². The number of benzene rings is 2. The lowest BCUT2D eigenvalue weighted by atomic mass is 10.0. The van der Waals surface area contributed by atoms with Gasteiger partial charge >= 0.3 is 6.01 Å². The molecule has 9 nitrogen and oxygen atoms in total. The number of nitriles is 1. The molecule has 1 saturated carbocycles. The van der Waals surface area contributed by atoms with Crippen LogP contribution in [0.5, 0.6) is 6.01 Å². The first kappa shape index (κ1) is 29.7. The molecule has 7 rings (SSSR count). The fourth-order valence-electron chi connectivity index (χ4n) is 7.48. The molecule has 12 heteroatoms. The minimum atomic E-state index is -1.04. The average Bonchev–Trinajstić information content (AvgIpc) is 3.69. The number of nitrogens with zero attached hydrogens (tertiary/aromatic N) is 7. The highest BCUT2D eigenvalue weighted by atomic mass is 35.5. The van der Waals surface area contributed by atoms with Gasteiger partial charge in [0.15, 0.2) is 5.83 Å². The largest absolute Gasteiger partial charge is 0.461 e. The van der Waals surface area contributed by atoms with Crippen molar-refractivity contribution in [2.75, 3.05) is 56.2 Å². The number of rotatable bonds is 7. The second-order valence-electron chi connectivity index (χ2n) is 12.5. The summed E-state index contributed by atoms with van der Waals surface area (Å²) in [6, 6.07) is 10.8. The molecule has 3 aromatic rings. The molecule has 0 spiro atoms. The summed E-state index contributed by atoms with van der Waals surface area (Å²) in [5.41, 5.74) is 2.60. The average molecular weight is 634 g/mol. The lowest BCUT2D eigenvalue weighted by molar-refractivity contribution is -0.131. The number of amides is 1. The Morgan fingerprint density at radius 2 is 2.04 bits per heavy atom. The van der Waals surface area contributed by atoms with Crippen molar-refractivity contribution in [1.29, 1.82) is 5.26 Å². The minimum absolute atomic E-state index is 0.0217. The molecule has 0 radical (unpaired) electrons.